The Morgan fingerprint density at radius 3 is 2.50 bits per heavy atom. The number of benzene rings is 3. The first-order valence-electron chi connectivity index (χ1n) is 11.3. The van der Waals surface area contributed by atoms with Crippen LogP contribution in [0.3, 0.4) is 0 Å². The minimum Gasteiger partial charge on any atom is -0.482 e. The lowest BCUT2D eigenvalue weighted by Crippen LogP contribution is -2.30. The smallest absolute Gasteiger partial charge is 0.341 e. The van der Waals surface area contributed by atoms with Gasteiger partial charge in [-0.15, -0.1) is 11.3 Å². The fourth-order valence-electron chi connectivity index (χ4n) is 4.41. The molecule has 3 aromatic carbocycles. The molecule has 0 fully saturated rings. The van der Waals surface area contributed by atoms with Crippen LogP contribution < -0.4 is 9.04 Å². The average molecular weight is 521 g/mol. The van der Waals surface area contributed by atoms with Crippen molar-refractivity contribution in [3.05, 3.63) is 93.9 Å². The van der Waals surface area contributed by atoms with Crippen LogP contribution in [-0.2, 0) is 14.8 Å². The maximum absolute atomic E-state index is 13.8. The van der Waals surface area contributed by atoms with E-state index in [-0.39, 0.29) is 17.4 Å². The summed E-state index contributed by atoms with van der Waals surface area (Å²) in [5.74, 6) is -0.945. The predicted octanol–water partition coefficient (Wildman–Crippen LogP) is 5.23. The number of thiazole rings is 1. The normalized spacial score (nSPS) is 15.1. The molecular weight excluding hydrogens is 496 g/mol. The Kier molecular flexibility index (Phi) is 6.27. The Balaban J connectivity index is 1.54. The molecule has 1 aliphatic heterocycles. The van der Waals surface area contributed by atoms with Crippen molar-refractivity contribution in [3.8, 4) is 16.9 Å². The minimum absolute atomic E-state index is 0.121. The Labute approximate surface area is 213 Å². The number of nitrogens with zero attached hydrogens (tertiary/aromatic N) is 2. The summed E-state index contributed by atoms with van der Waals surface area (Å²) in [7, 11) is -3.89. The summed E-state index contributed by atoms with van der Waals surface area (Å²) < 4.78 is 34.3. The Hall–Kier alpha value is -3.69. The molecule has 36 heavy (non-hydrogen) atoms. The predicted molar refractivity (Wildman–Crippen MR) is 139 cm³/mol. The van der Waals surface area contributed by atoms with E-state index in [0.29, 0.717) is 17.0 Å². The van der Waals surface area contributed by atoms with Gasteiger partial charge in [0, 0.05) is 18.1 Å². The minimum atomic E-state index is -3.89. The fraction of sp³-hybridized carbons (Fsp3) is 0.185. The quantitative estimate of drug-likeness (QED) is 0.358. The number of sulfonamides is 1. The lowest BCUT2D eigenvalue weighted by molar-refractivity contribution is -0.139. The SMILES string of the molecule is Cc1ccc(-c2ccc3c(c2)C(c2nccs2)CN3S(=O)(=O)c2ccc(OCC(=O)O)c(C)c2)cc1. The molecule has 1 N–H and O–H groups in total. The van der Waals surface area contributed by atoms with E-state index in [1.165, 1.54) is 39.4 Å². The lowest BCUT2D eigenvalue weighted by atomic mass is 9.96. The second-order valence-corrected chi connectivity index (χ2v) is 11.5. The van der Waals surface area contributed by atoms with Crippen LogP contribution in [0.2, 0.25) is 0 Å². The van der Waals surface area contributed by atoms with Crippen LogP contribution in [0.1, 0.15) is 27.6 Å². The van der Waals surface area contributed by atoms with Crippen LogP contribution in [0.25, 0.3) is 11.1 Å². The van der Waals surface area contributed by atoms with Crippen molar-refractivity contribution in [2.45, 2.75) is 24.7 Å². The summed E-state index contributed by atoms with van der Waals surface area (Å²) in [6.07, 6.45) is 1.74. The highest BCUT2D eigenvalue weighted by Crippen LogP contribution is 2.45. The molecule has 0 saturated carbocycles. The molecule has 5 rings (SSSR count). The number of hydrogen-bond donors (Lipinski definition) is 1. The van der Waals surface area contributed by atoms with Crippen LogP contribution in [-0.4, -0.2) is 37.6 Å². The van der Waals surface area contributed by atoms with E-state index in [1.54, 1.807) is 13.1 Å². The number of anilines is 1. The number of hydrogen-bond acceptors (Lipinski definition) is 6. The molecule has 1 aliphatic rings. The number of carbonyl (C=O) groups is 1. The van der Waals surface area contributed by atoms with E-state index >= 15 is 0 Å². The van der Waals surface area contributed by atoms with Gasteiger partial charge in [-0.25, -0.2) is 18.2 Å². The zero-order chi connectivity index (χ0) is 25.4. The first-order chi connectivity index (χ1) is 17.2. The van der Waals surface area contributed by atoms with Crippen molar-refractivity contribution in [2.75, 3.05) is 17.5 Å². The molecule has 0 spiro atoms. The molecule has 184 valence electrons. The highest BCUT2D eigenvalue weighted by atomic mass is 32.2. The number of carboxylic acids is 1. The van der Waals surface area contributed by atoms with Crippen LogP contribution in [0.5, 0.6) is 5.75 Å². The van der Waals surface area contributed by atoms with Gasteiger partial charge in [0.15, 0.2) is 6.61 Å². The Morgan fingerprint density at radius 2 is 1.83 bits per heavy atom. The summed E-state index contributed by atoms with van der Waals surface area (Å²) in [6, 6.07) is 18.6. The summed E-state index contributed by atoms with van der Waals surface area (Å²) >= 11 is 1.51. The van der Waals surface area contributed by atoms with E-state index in [9.17, 15) is 13.2 Å². The molecule has 1 aromatic heterocycles. The number of rotatable bonds is 7. The second-order valence-electron chi connectivity index (χ2n) is 8.71. The number of aryl methyl sites for hydroxylation is 2. The van der Waals surface area contributed by atoms with E-state index in [1.807, 2.05) is 24.4 Å². The maximum atomic E-state index is 13.8. The Morgan fingerprint density at radius 1 is 1.08 bits per heavy atom. The highest BCUT2D eigenvalue weighted by Gasteiger charge is 2.38. The molecule has 2 heterocycles. The van der Waals surface area contributed by atoms with Gasteiger partial charge in [-0.2, -0.15) is 0 Å². The third kappa shape index (κ3) is 4.47. The molecule has 0 saturated heterocycles. The number of fused-ring (bicyclic) bond motifs is 1. The summed E-state index contributed by atoms with van der Waals surface area (Å²) in [5.41, 5.74) is 5.36. The molecular formula is C27H24N2O5S2. The van der Waals surface area contributed by atoms with Crippen LogP contribution in [0, 0.1) is 13.8 Å². The van der Waals surface area contributed by atoms with Crippen LogP contribution in [0.4, 0.5) is 5.69 Å². The van der Waals surface area contributed by atoms with Gasteiger partial charge in [0.25, 0.3) is 10.0 Å². The number of ether oxygens (including phenoxy) is 1. The summed E-state index contributed by atoms with van der Waals surface area (Å²) in [5, 5.41) is 11.6. The molecule has 7 nitrogen and oxygen atoms in total. The summed E-state index contributed by atoms with van der Waals surface area (Å²) in [6.45, 7) is 3.49. The van der Waals surface area contributed by atoms with E-state index in [4.69, 9.17) is 9.84 Å². The third-order valence-electron chi connectivity index (χ3n) is 6.24. The van der Waals surface area contributed by atoms with Gasteiger partial charge >= 0.3 is 5.97 Å². The van der Waals surface area contributed by atoms with Crippen LogP contribution in [0.15, 0.2) is 77.1 Å². The molecule has 1 atom stereocenters. The van der Waals surface area contributed by atoms with Gasteiger partial charge < -0.3 is 9.84 Å². The third-order valence-corrected chi connectivity index (χ3v) is 8.90. The van der Waals surface area contributed by atoms with Crippen molar-refractivity contribution in [1.82, 2.24) is 4.98 Å². The molecule has 9 heteroatoms. The van der Waals surface area contributed by atoms with Gasteiger partial charge in [-0.05, 0) is 66.4 Å². The van der Waals surface area contributed by atoms with E-state index in [2.05, 4.69) is 35.3 Å². The van der Waals surface area contributed by atoms with Crippen molar-refractivity contribution < 1.29 is 23.1 Å². The first kappa shape index (κ1) is 24.0. The van der Waals surface area contributed by atoms with Gasteiger partial charge in [-0.3, -0.25) is 4.31 Å². The van der Waals surface area contributed by atoms with Gasteiger partial charge in [0.05, 0.1) is 16.5 Å². The number of carboxylic acid groups (broad SMARTS) is 1. The molecule has 1 unspecified atom stereocenters. The number of aliphatic carboxylic acids is 1. The maximum Gasteiger partial charge on any atom is 0.341 e. The zero-order valence-corrected chi connectivity index (χ0v) is 21.3. The first-order valence-corrected chi connectivity index (χ1v) is 13.6. The average Bonchev–Trinajstić information content (AvgIpc) is 3.51. The molecule has 0 aliphatic carbocycles. The zero-order valence-electron chi connectivity index (χ0n) is 19.7. The van der Waals surface area contributed by atoms with Crippen LogP contribution >= 0.6 is 11.3 Å². The standard InChI is InChI=1S/C27H24N2O5S2/c1-17-3-5-19(6-4-17)20-7-9-24-22(14-20)23(27-28-11-12-35-27)15-29(24)36(32,33)21-8-10-25(18(2)13-21)34-16-26(30)31/h3-14,23H,15-16H2,1-2H3,(H,30,31). The van der Waals surface area contributed by atoms with Crippen molar-refractivity contribution in [3.63, 3.8) is 0 Å². The fourth-order valence-corrected chi connectivity index (χ4v) is 6.74. The van der Waals surface area contributed by atoms with Crippen molar-refractivity contribution in [2.24, 2.45) is 0 Å². The molecule has 4 aromatic rings. The van der Waals surface area contributed by atoms with E-state index in [0.717, 1.165) is 21.7 Å². The topological polar surface area (TPSA) is 96.8 Å². The molecule has 0 radical (unpaired) electrons. The van der Waals surface area contributed by atoms with Gasteiger partial charge in [0.1, 0.15) is 10.8 Å². The lowest BCUT2D eigenvalue weighted by Gasteiger charge is -2.21. The molecule has 0 bridgehead atoms. The largest absolute Gasteiger partial charge is 0.482 e. The monoisotopic (exact) mass is 520 g/mol. The van der Waals surface area contributed by atoms with Gasteiger partial charge in [0.2, 0.25) is 0 Å². The Bertz CT molecular complexity index is 1530. The summed E-state index contributed by atoms with van der Waals surface area (Å²) in [4.78, 5) is 15.4. The van der Waals surface area contributed by atoms with Gasteiger partial charge in [-0.1, -0.05) is 35.9 Å². The van der Waals surface area contributed by atoms with Crippen molar-refractivity contribution in [1.29, 1.82) is 0 Å². The molecule has 0 amide bonds. The number of aromatic nitrogens is 1. The highest BCUT2D eigenvalue weighted by molar-refractivity contribution is 7.92. The van der Waals surface area contributed by atoms with Crippen molar-refractivity contribution >= 4 is 33.0 Å². The second kappa shape index (κ2) is 9.40. The van der Waals surface area contributed by atoms with E-state index < -0.39 is 22.6 Å².